The van der Waals surface area contributed by atoms with Crippen LogP contribution >= 0.6 is 0 Å². The average molecular weight is 638 g/mol. The molecule has 1 spiro atoms. The Morgan fingerprint density at radius 3 is 1.50 bits per heavy atom. The number of hydrogen-bond donors (Lipinski definition) is 0. The molecule has 11 rings (SSSR count). The molecule has 2 heterocycles. The Morgan fingerprint density at radius 1 is 0.340 bits per heavy atom. The number of aromatic nitrogens is 3. The van der Waals surface area contributed by atoms with E-state index in [9.17, 15) is 0 Å². The van der Waals surface area contributed by atoms with Crippen LogP contribution in [0, 0.1) is 0 Å². The number of hydrogen-bond acceptors (Lipinski definition) is 4. The van der Waals surface area contributed by atoms with Crippen molar-refractivity contribution in [1.82, 2.24) is 15.0 Å². The normalized spacial score (nSPS) is 13.4. The third-order valence-electron chi connectivity index (χ3n) is 10.6. The van der Waals surface area contributed by atoms with Crippen LogP contribution in [-0.4, -0.2) is 15.0 Å². The maximum absolute atomic E-state index is 6.13. The van der Waals surface area contributed by atoms with E-state index in [0.717, 1.165) is 38.6 Å². The SMILES string of the molecule is c1ccc(-c2nc(-c3ccc4c(c3)-c3ccccc3C43c4ccccc4-c4ccccc43)nc(-c3ccc4oc5ccccc5c4c3)n2)cc1. The Bertz CT molecular complexity index is 2790. The van der Waals surface area contributed by atoms with E-state index in [2.05, 4.69) is 103 Å². The molecule has 0 saturated carbocycles. The highest BCUT2D eigenvalue weighted by molar-refractivity contribution is 6.06. The molecule has 0 N–H and O–H groups in total. The summed E-state index contributed by atoms with van der Waals surface area (Å²) in [7, 11) is 0. The van der Waals surface area contributed by atoms with Crippen molar-refractivity contribution in [1.29, 1.82) is 0 Å². The van der Waals surface area contributed by atoms with Gasteiger partial charge < -0.3 is 4.42 Å². The molecule has 50 heavy (non-hydrogen) atoms. The maximum atomic E-state index is 6.13. The largest absolute Gasteiger partial charge is 0.456 e. The van der Waals surface area contributed by atoms with E-state index in [-0.39, 0.29) is 5.41 Å². The van der Waals surface area contributed by atoms with E-state index in [1.54, 1.807) is 0 Å². The van der Waals surface area contributed by atoms with Gasteiger partial charge in [0.2, 0.25) is 0 Å². The van der Waals surface area contributed by atoms with Gasteiger partial charge in [-0.15, -0.1) is 0 Å². The number of rotatable bonds is 3. The summed E-state index contributed by atoms with van der Waals surface area (Å²) < 4.78 is 6.13. The van der Waals surface area contributed by atoms with Gasteiger partial charge in [-0.05, 0) is 74.8 Å². The van der Waals surface area contributed by atoms with Crippen LogP contribution in [0.1, 0.15) is 22.3 Å². The highest BCUT2D eigenvalue weighted by atomic mass is 16.3. The third kappa shape index (κ3) is 3.67. The van der Waals surface area contributed by atoms with Crippen molar-refractivity contribution in [3.8, 4) is 56.4 Å². The van der Waals surface area contributed by atoms with Gasteiger partial charge in [0.25, 0.3) is 0 Å². The van der Waals surface area contributed by atoms with Crippen LogP contribution in [0.25, 0.3) is 78.4 Å². The van der Waals surface area contributed by atoms with Gasteiger partial charge in [0.1, 0.15) is 11.2 Å². The van der Waals surface area contributed by atoms with E-state index in [1.807, 2.05) is 60.7 Å². The van der Waals surface area contributed by atoms with Gasteiger partial charge in [-0.25, -0.2) is 15.0 Å². The highest BCUT2D eigenvalue weighted by Crippen LogP contribution is 2.62. The molecule has 0 aliphatic heterocycles. The fourth-order valence-electron chi connectivity index (χ4n) is 8.45. The average Bonchev–Trinajstić information content (AvgIpc) is 3.82. The lowest BCUT2D eigenvalue weighted by molar-refractivity contribution is 0.669. The zero-order chi connectivity index (χ0) is 32.8. The Hall–Kier alpha value is -6.65. The second-order valence-corrected chi connectivity index (χ2v) is 13.1. The molecule has 7 aromatic carbocycles. The smallest absolute Gasteiger partial charge is 0.164 e. The summed E-state index contributed by atoms with van der Waals surface area (Å²) in [5.74, 6) is 1.90. The van der Waals surface area contributed by atoms with Crippen LogP contribution in [0.5, 0.6) is 0 Å². The van der Waals surface area contributed by atoms with Crippen molar-refractivity contribution in [3.05, 3.63) is 186 Å². The lowest BCUT2D eigenvalue weighted by atomic mass is 9.70. The van der Waals surface area contributed by atoms with Crippen LogP contribution in [0.3, 0.4) is 0 Å². The predicted octanol–water partition coefficient (Wildman–Crippen LogP) is 11.1. The molecule has 0 atom stereocenters. The fourth-order valence-corrected chi connectivity index (χ4v) is 8.45. The maximum Gasteiger partial charge on any atom is 0.164 e. The molecule has 4 heteroatoms. The van der Waals surface area contributed by atoms with Crippen molar-refractivity contribution in [2.75, 3.05) is 0 Å². The summed E-state index contributed by atoms with van der Waals surface area (Å²) in [5, 5.41) is 2.11. The second-order valence-electron chi connectivity index (χ2n) is 13.1. The van der Waals surface area contributed by atoms with Crippen LogP contribution in [0.2, 0.25) is 0 Å². The molecule has 0 unspecified atom stereocenters. The zero-order valence-corrected chi connectivity index (χ0v) is 26.8. The molecule has 0 bridgehead atoms. The van der Waals surface area contributed by atoms with E-state index < -0.39 is 0 Å². The monoisotopic (exact) mass is 637 g/mol. The van der Waals surface area contributed by atoms with Gasteiger partial charge in [0.15, 0.2) is 17.5 Å². The van der Waals surface area contributed by atoms with Gasteiger partial charge in [-0.2, -0.15) is 0 Å². The molecule has 2 aliphatic rings. The predicted molar refractivity (Wildman–Crippen MR) is 200 cm³/mol. The minimum atomic E-state index is -0.389. The molecule has 2 aliphatic carbocycles. The first-order valence-corrected chi connectivity index (χ1v) is 16.9. The molecule has 9 aromatic rings. The van der Waals surface area contributed by atoms with Crippen LogP contribution in [0.4, 0.5) is 0 Å². The summed E-state index contributed by atoms with van der Waals surface area (Å²) >= 11 is 0. The first-order chi connectivity index (χ1) is 24.8. The number of nitrogens with zero attached hydrogens (tertiary/aromatic N) is 3. The Balaban J connectivity index is 1.14. The quantitative estimate of drug-likeness (QED) is 0.193. The number of para-hydroxylation sites is 1. The van der Waals surface area contributed by atoms with Crippen molar-refractivity contribution in [2.24, 2.45) is 0 Å². The van der Waals surface area contributed by atoms with Gasteiger partial charge in [-0.3, -0.25) is 0 Å². The Kier molecular flexibility index (Phi) is 5.56. The molecule has 0 radical (unpaired) electrons. The molecule has 0 saturated heterocycles. The first kappa shape index (κ1) is 27.3. The topological polar surface area (TPSA) is 51.8 Å². The van der Waals surface area contributed by atoms with Crippen LogP contribution in [-0.2, 0) is 5.41 Å². The molecule has 232 valence electrons. The van der Waals surface area contributed by atoms with E-state index in [1.165, 1.54) is 44.5 Å². The van der Waals surface area contributed by atoms with E-state index in [0.29, 0.717) is 17.5 Å². The number of benzene rings is 7. The minimum absolute atomic E-state index is 0.389. The lowest BCUT2D eigenvalue weighted by Crippen LogP contribution is -2.25. The summed E-state index contributed by atoms with van der Waals surface area (Å²) in [6, 6.07) is 57.9. The Morgan fingerprint density at radius 2 is 0.820 bits per heavy atom. The van der Waals surface area contributed by atoms with E-state index >= 15 is 0 Å². The zero-order valence-electron chi connectivity index (χ0n) is 26.8. The molecule has 0 fully saturated rings. The van der Waals surface area contributed by atoms with Crippen molar-refractivity contribution in [2.45, 2.75) is 5.41 Å². The van der Waals surface area contributed by atoms with Gasteiger partial charge in [0.05, 0.1) is 5.41 Å². The van der Waals surface area contributed by atoms with Gasteiger partial charge in [0, 0.05) is 27.5 Å². The minimum Gasteiger partial charge on any atom is -0.456 e. The number of furan rings is 1. The van der Waals surface area contributed by atoms with E-state index in [4.69, 9.17) is 19.4 Å². The third-order valence-corrected chi connectivity index (χ3v) is 10.6. The molecule has 4 nitrogen and oxygen atoms in total. The molecular weight excluding hydrogens is 611 g/mol. The highest BCUT2D eigenvalue weighted by Gasteiger charge is 2.51. The summed E-state index contributed by atoms with van der Waals surface area (Å²) in [4.78, 5) is 15.3. The fraction of sp³-hybridized carbons (Fsp3) is 0.0217. The van der Waals surface area contributed by atoms with Crippen LogP contribution < -0.4 is 0 Å². The number of fused-ring (bicyclic) bond motifs is 13. The van der Waals surface area contributed by atoms with Gasteiger partial charge >= 0.3 is 0 Å². The first-order valence-electron chi connectivity index (χ1n) is 16.9. The molecule has 0 amide bonds. The molecule has 2 aromatic heterocycles. The molecular formula is C46H27N3O. The second kappa shape index (κ2) is 10.2. The van der Waals surface area contributed by atoms with Crippen LogP contribution in [0.15, 0.2) is 168 Å². The van der Waals surface area contributed by atoms with Crippen molar-refractivity contribution >= 4 is 21.9 Å². The summed E-state index contributed by atoms with van der Waals surface area (Å²) in [6.07, 6.45) is 0. The van der Waals surface area contributed by atoms with Gasteiger partial charge in [-0.1, -0.05) is 133 Å². The standard InChI is InChI=1S/C46H27N3O/c1-2-12-28(13-3-1)43-47-44(49-45(48-43)30-23-25-42-36(27-30)34-17-7-11-21-41(34)50-42)29-22-24-40-35(26-29)33-16-6-10-20-39(33)46(40)37-18-8-4-14-31(37)32-15-5-9-19-38(32)46/h1-27H. The summed E-state index contributed by atoms with van der Waals surface area (Å²) in [6.45, 7) is 0. The summed E-state index contributed by atoms with van der Waals surface area (Å²) in [5.41, 5.74) is 14.4. The van der Waals surface area contributed by atoms with Crippen molar-refractivity contribution < 1.29 is 4.42 Å². The van der Waals surface area contributed by atoms with Crippen molar-refractivity contribution in [3.63, 3.8) is 0 Å². The Labute approximate surface area is 288 Å². The lowest BCUT2D eigenvalue weighted by Gasteiger charge is -2.30.